The van der Waals surface area contributed by atoms with Gasteiger partial charge >= 0.3 is 12.4 Å². The number of carbonyl (C=O) groups is 1. The Morgan fingerprint density at radius 3 is 1.93 bits per heavy atom. The zero-order valence-electron chi connectivity index (χ0n) is 12.8. The Labute approximate surface area is 151 Å². The summed E-state index contributed by atoms with van der Waals surface area (Å²) in [6, 6.07) is 3.32. The lowest BCUT2D eigenvalue weighted by Crippen LogP contribution is -2.17. The number of carbonyl (C=O) groups excluding carboxylic acids is 1. The molecule has 0 unspecified atom stereocenters. The van der Waals surface area contributed by atoms with Crippen LogP contribution >= 0.6 is 11.6 Å². The number of nitrogens with one attached hydrogen (secondary N) is 1. The first kappa shape index (κ1) is 20.5. The van der Waals surface area contributed by atoms with E-state index in [9.17, 15) is 41.3 Å². The Morgan fingerprint density at radius 2 is 1.48 bits per heavy atom. The van der Waals surface area contributed by atoms with E-state index in [1.807, 2.05) is 5.32 Å². The molecule has 0 atom stereocenters. The molecule has 2 aromatic carbocycles. The van der Waals surface area contributed by atoms with Gasteiger partial charge in [-0.3, -0.25) is 14.9 Å². The molecule has 0 aromatic heterocycles. The topological polar surface area (TPSA) is 72.2 Å². The molecule has 0 radical (unpaired) electrons. The maximum atomic E-state index is 12.8. The summed E-state index contributed by atoms with van der Waals surface area (Å²) >= 11 is 5.58. The molecule has 0 saturated carbocycles. The first-order valence-electron chi connectivity index (χ1n) is 6.84. The fourth-order valence-electron chi connectivity index (χ4n) is 2.07. The average molecular weight is 413 g/mol. The molecule has 0 heterocycles. The van der Waals surface area contributed by atoms with E-state index in [1.54, 1.807) is 0 Å². The molecule has 0 aliphatic carbocycles. The Bertz CT molecular complexity index is 879. The summed E-state index contributed by atoms with van der Waals surface area (Å²) in [4.78, 5) is 22.2. The summed E-state index contributed by atoms with van der Waals surface area (Å²) in [7, 11) is 0. The lowest BCUT2D eigenvalue weighted by Gasteiger charge is -2.15. The van der Waals surface area contributed by atoms with Crippen molar-refractivity contribution in [3.05, 3.63) is 68.2 Å². The van der Waals surface area contributed by atoms with Crippen molar-refractivity contribution in [2.75, 3.05) is 5.32 Å². The Balaban J connectivity index is 2.48. The van der Waals surface area contributed by atoms with Gasteiger partial charge in [0, 0.05) is 16.8 Å². The number of hydrogen-bond acceptors (Lipinski definition) is 3. The minimum Gasteiger partial charge on any atom is -0.322 e. The van der Waals surface area contributed by atoms with Gasteiger partial charge in [-0.1, -0.05) is 11.6 Å². The molecule has 5 nitrogen and oxygen atoms in total. The summed E-state index contributed by atoms with van der Waals surface area (Å²) in [5.41, 5.74) is -5.46. The number of halogens is 7. The Kier molecular flexibility index (Phi) is 5.36. The normalized spacial score (nSPS) is 12.0. The lowest BCUT2D eigenvalue weighted by atomic mass is 10.1. The van der Waals surface area contributed by atoms with Crippen LogP contribution in [0.25, 0.3) is 0 Å². The molecule has 1 amide bonds. The minimum atomic E-state index is -5.10. The predicted octanol–water partition coefficient (Wildman–Crippen LogP) is 5.54. The van der Waals surface area contributed by atoms with Crippen molar-refractivity contribution < 1.29 is 36.1 Å². The molecule has 0 spiro atoms. The van der Waals surface area contributed by atoms with Gasteiger partial charge in [0.2, 0.25) is 0 Å². The second-order valence-electron chi connectivity index (χ2n) is 5.17. The summed E-state index contributed by atoms with van der Waals surface area (Å²) in [5.74, 6) is -1.27. The van der Waals surface area contributed by atoms with Crippen LogP contribution in [0.3, 0.4) is 0 Å². The van der Waals surface area contributed by atoms with Crippen LogP contribution in [0.1, 0.15) is 21.5 Å². The molecule has 0 bridgehead atoms. The third-order valence-electron chi connectivity index (χ3n) is 3.25. The van der Waals surface area contributed by atoms with Gasteiger partial charge in [-0.15, -0.1) is 0 Å². The van der Waals surface area contributed by atoms with Gasteiger partial charge in [-0.2, -0.15) is 26.3 Å². The fraction of sp³-hybridized carbons (Fsp3) is 0.133. The first-order chi connectivity index (χ1) is 12.3. The molecule has 12 heteroatoms. The number of alkyl halides is 6. The van der Waals surface area contributed by atoms with Crippen LogP contribution in [0.15, 0.2) is 36.4 Å². The number of nitrogens with zero attached hydrogens (tertiary/aromatic N) is 1. The number of benzene rings is 2. The van der Waals surface area contributed by atoms with Gasteiger partial charge in [-0.25, -0.2) is 0 Å². The smallest absolute Gasteiger partial charge is 0.322 e. The predicted molar refractivity (Wildman–Crippen MR) is 82.5 cm³/mol. The highest BCUT2D eigenvalue weighted by atomic mass is 35.5. The lowest BCUT2D eigenvalue weighted by molar-refractivity contribution is -0.385. The van der Waals surface area contributed by atoms with Gasteiger partial charge in [0.1, 0.15) is 5.56 Å². The highest BCUT2D eigenvalue weighted by Gasteiger charge is 2.37. The average Bonchev–Trinajstić information content (AvgIpc) is 2.52. The molecule has 1 N–H and O–H groups in total. The van der Waals surface area contributed by atoms with E-state index in [-0.39, 0.29) is 23.2 Å². The van der Waals surface area contributed by atoms with Crippen LogP contribution < -0.4 is 5.32 Å². The molecule has 0 aliphatic heterocycles. The molecular formula is C15H7ClF6N2O3. The van der Waals surface area contributed by atoms with Crippen LogP contribution in [0.5, 0.6) is 0 Å². The Morgan fingerprint density at radius 1 is 0.963 bits per heavy atom. The van der Waals surface area contributed by atoms with Crippen molar-refractivity contribution in [3.63, 3.8) is 0 Å². The van der Waals surface area contributed by atoms with Gasteiger partial charge in [0.25, 0.3) is 11.6 Å². The third kappa shape index (κ3) is 4.88. The van der Waals surface area contributed by atoms with E-state index in [4.69, 9.17) is 11.6 Å². The standard InChI is InChI=1S/C15H7ClF6N2O3/c16-9-1-2-11(12(6-9)24(26)27)13(25)23-10-4-7(14(17,18)19)3-8(5-10)15(20,21)22/h1-6H,(H,23,25). The van der Waals surface area contributed by atoms with E-state index in [1.165, 1.54) is 0 Å². The minimum absolute atomic E-state index is 0.0864. The van der Waals surface area contributed by atoms with Crippen LogP contribution in [-0.4, -0.2) is 10.8 Å². The SMILES string of the molecule is O=C(Nc1cc(C(F)(F)F)cc(C(F)(F)F)c1)c1ccc(Cl)cc1[N+](=O)[O-]. The first-order valence-corrected chi connectivity index (χ1v) is 7.21. The third-order valence-corrected chi connectivity index (χ3v) is 3.48. The second-order valence-corrected chi connectivity index (χ2v) is 5.60. The van der Waals surface area contributed by atoms with E-state index in [0.29, 0.717) is 0 Å². The van der Waals surface area contributed by atoms with Crippen LogP contribution in [0.2, 0.25) is 5.02 Å². The summed E-state index contributed by atoms with van der Waals surface area (Å²) in [6.45, 7) is 0. The highest BCUT2D eigenvalue weighted by molar-refractivity contribution is 6.31. The monoisotopic (exact) mass is 412 g/mol. The zero-order chi connectivity index (χ0) is 20.6. The van der Waals surface area contributed by atoms with Crippen molar-refractivity contribution in [1.29, 1.82) is 0 Å². The number of rotatable bonds is 3. The fourth-order valence-corrected chi connectivity index (χ4v) is 2.24. The van der Waals surface area contributed by atoms with E-state index >= 15 is 0 Å². The quantitative estimate of drug-likeness (QED) is 0.409. The van der Waals surface area contributed by atoms with E-state index in [2.05, 4.69) is 0 Å². The molecule has 0 fully saturated rings. The van der Waals surface area contributed by atoms with Crippen molar-refractivity contribution >= 4 is 28.9 Å². The molecule has 144 valence electrons. The molecule has 0 saturated heterocycles. The number of hydrogen-bond donors (Lipinski definition) is 1. The largest absolute Gasteiger partial charge is 0.416 e. The van der Waals surface area contributed by atoms with E-state index < -0.39 is 51.2 Å². The number of anilines is 1. The van der Waals surface area contributed by atoms with Gasteiger partial charge < -0.3 is 5.32 Å². The van der Waals surface area contributed by atoms with E-state index in [0.717, 1.165) is 18.2 Å². The van der Waals surface area contributed by atoms with Gasteiger partial charge in [0.15, 0.2) is 0 Å². The molecular weight excluding hydrogens is 406 g/mol. The van der Waals surface area contributed by atoms with Crippen LogP contribution in [0, 0.1) is 10.1 Å². The number of nitro groups is 1. The molecule has 0 aliphatic rings. The maximum Gasteiger partial charge on any atom is 0.416 e. The summed E-state index contributed by atoms with van der Waals surface area (Å²) < 4.78 is 77.0. The van der Waals surface area contributed by atoms with Crippen molar-refractivity contribution in [2.45, 2.75) is 12.4 Å². The summed E-state index contributed by atoms with van der Waals surface area (Å²) in [6.07, 6.45) is -10.2. The van der Waals surface area contributed by atoms with Crippen molar-refractivity contribution in [2.24, 2.45) is 0 Å². The zero-order valence-corrected chi connectivity index (χ0v) is 13.5. The number of nitro benzene ring substituents is 1. The van der Waals surface area contributed by atoms with Crippen LogP contribution in [-0.2, 0) is 12.4 Å². The van der Waals surface area contributed by atoms with Crippen molar-refractivity contribution in [1.82, 2.24) is 0 Å². The number of amides is 1. The second kappa shape index (κ2) is 7.06. The molecule has 2 rings (SSSR count). The molecule has 2 aromatic rings. The molecule has 27 heavy (non-hydrogen) atoms. The Hall–Kier alpha value is -2.82. The van der Waals surface area contributed by atoms with Crippen molar-refractivity contribution in [3.8, 4) is 0 Å². The van der Waals surface area contributed by atoms with Gasteiger partial charge in [-0.05, 0) is 30.3 Å². The summed E-state index contributed by atoms with van der Waals surface area (Å²) in [5, 5.41) is 12.7. The highest BCUT2D eigenvalue weighted by Crippen LogP contribution is 2.37. The van der Waals surface area contributed by atoms with Gasteiger partial charge in [0.05, 0.1) is 16.1 Å². The van der Waals surface area contributed by atoms with Crippen LogP contribution in [0.4, 0.5) is 37.7 Å². The maximum absolute atomic E-state index is 12.8.